The van der Waals surface area contributed by atoms with E-state index in [9.17, 15) is 10.2 Å². The molecule has 0 radical (unpaired) electrons. The number of benzene rings is 3. The molecule has 3 aromatic carbocycles. The van der Waals surface area contributed by atoms with Crippen molar-refractivity contribution in [2.75, 3.05) is 13.2 Å². The van der Waals surface area contributed by atoms with Crippen molar-refractivity contribution in [1.82, 2.24) is 0 Å². The Kier molecular flexibility index (Phi) is 7.40. The van der Waals surface area contributed by atoms with E-state index < -0.39 is 5.60 Å². The highest BCUT2D eigenvalue weighted by atomic mass is 79.9. The Balaban J connectivity index is 2.04. The van der Waals surface area contributed by atoms with Crippen LogP contribution in [0.15, 0.2) is 89.4 Å². The normalized spacial score (nSPS) is 14.4. The van der Waals surface area contributed by atoms with Crippen LogP contribution in [0.25, 0.3) is 0 Å². The fourth-order valence-electron chi connectivity index (χ4n) is 3.67. The summed E-state index contributed by atoms with van der Waals surface area (Å²) in [6.07, 6.45) is 0.484. The highest BCUT2D eigenvalue weighted by Gasteiger charge is 2.42. The van der Waals surface area contributed by atoms with Crippen LogP contribution in [0.5, 0.6) is 0 Å². The Bertz CT molecular complexity index is 854. The van der Waals surface area contributed by atoms with Crippen LogP contribution in [-0.4, -0.2) is 23.4 Å². The van der Waals surface area contributed by atoms with Crippen molar-refractivity contribution in [1.29, 1.82) is 0 Å². The van der Waals surface area contributed by atoms with Gasteiger partial charge in [0.1, 0.15) is 5.60 Å². The first-order valence-corrected chi connectivity index (χ1v) is 10.2. The van der Waals surface area contributed by atoms with Gasteiger partial charge in [0.25, 0.3) is 0 Å². The highest BCUT2D eigenvalue weighted by Crippen LogP contribution is 2.43. The van der Waals surface area contributed by atoms with Gasteiger partial charge in [-0.25, -0.2) is 0 Å². The number of ether oxygens (including phenoxy) is 1. The fraction of sp³-hybridized carbons (Fsp3) is 0.250. The minimum atomic E-state index is -0.965. The van der Waals surface area contributed by atoms with Crippen molar-refractivity contribution < 1.29 is 14.9 Å². The Labute approximate surface area is 174 Å². The molecule has 0 spiro atoms. The Hall–Kier alpha value is -1.98. The van der Waals surface area contributed by atoms with E-state index in [-0.39, 0.29) is 19.1 Å². The summed E-state index contributed by atoms with van der Waals surface area (Å²) in [5.74, 6) is -0.196. The maximum atomic E-state index is 10.6. The average Bonchev–Trinajstić information content (AvgIpc) is 2.75. The lowest BCUT2D eigenvalue weighted by molar-refractivity contribution is -0.116. The highest BCUT2D eigenvalue weighted by molar-refractivity contribution is 9.10. The van der Waals surface area contributed by atoms with Crippen LogP contribution in [0.4, 0.5) is 0 Å². The van der Waals surface area contributed by atoms with Gasteiger partial charge in [0.15, 0.2) is 0 Å². The minimum absolute atomic E-state index is 0.00832. The summed E-state index contributed by atoms with van der Waals surface area (Å²) in [4.78, 5) is 0. The number of aliphatic hydroxyl groups is 2. The molecule has 146 valence electrons. The van der Waals surface area contributed by atoms with Crippen LogP contribution < -0.4 is 0 Å². The predicted octanol–water partition coefficient (Wildman–Crippen LogP) is 5.02. The zero-order valence-electron chi connectivity index (χ0n) is 15.7. The summed E-state index contributed by atoms with van der Waals surface area (Å²) < 4.78 is 7.48. The second-order valence-corrected chi connectivity index (χ2v) is 7.72. The summed E-state index contributed by atoms with van der Waals surface area (Å²) >= 11 is 3.50. The van der Waals surface area contributed by atoms with Crippen molar-refractivity contribution in [3.05, 3.63) is 106 Å². The van der Waals surface area contributed by atoms with E-state index in [1.165, 1.54) is 0 Å². The first kappa shape index (κ1) is 20.7. The molecule has 0 aromatic heterocycles. The molecule has 0 aliphatic carbocycles. The van der Waals surface area contributed by atoms with Gasteiger partial charge in [0.05, 0.1) is 13.2 Å². The largest absolute Gasteiger partial charge is 0.396 e. The summed E-state index contributed by atoms with van der Waals surface area (Å²) in [6, 6.07) is 27.7. The standard InChI is InChI=1S/C24H25BrO3/c25-22-13-7-8-19(16-22)17-28-24(18-27,21-11-5-2-6-12-21)23(14-15-26)20-9-3-1-4-10-20/h1-13,16,23,26-27H,14-15,17-18H2/t23-,24+/m0/s1. The van der Waals surface area contributed by atoms with Crippen molar-refractivity contribution in [2.24, 2.45) is 0 Å². The summed E-state index contributed by atoms with van der Waals surface area (Å²) in [7, 11) is 0. The zero-order chi connectivity index (χ0) is 19.8. The first-order chi connectivity index (χ1) is 13.7. The van der Waals surface area contributed by atoms with E-state index in [2.05, 4.69) is 15.9 Å². The number of halogens is 1. The minimum Gasteiger partial charge on any atom is -0.396 e. The molecule has 28 heavy (non-hydrogen) atoms. The van der Waals surface area contributed by atoms with Gasteiger partial charge in [-0.2, -0.15) is 0 Å². The van der Waals surface area contributed by atoms with Gasteiger partial charge >= 0.3 is 0 Å². The van der Waals surface area contributed by atoms with Crippen LogP contribution in [0, 0.1) is 0 Å². The second-order valence-electron chi connectivity index (χ2n) is 6.81. The van der Waals surface area contributed by atoms with E-state index >= 15 is 0 Å². The van der Waals surface area contributed by atoms with Crippen LogP contribution in [0.1, 0.15) is 29.0 Å². The van der Waals surface area contributed by atoms with Gasteiger partial charge < -0.3 is 14.9 Å². The van der Waals surface area contributed by atoms with Crippen molar-refractivity contribution >= 4 is 15.9 Å². The number of rotatable bonds is 9. The maximum absolute atomic E-state index is 10.6. The zero-order valence-corrected chi connectivity index (χ0v) is 17.3. The molecule has 0 saturated heterocycles. The van der Waals surface area contributed by atoms with Gasteiger partial charge in [-0.15, -0.1) is 0 Å². The lowest BCUT2D eigenvalue weighted by atomic mass is 9.75. The summed E-state index contributed by atoms with van der Waals surface area (Å²) in [5.41, 5.74) is 1.98. The number of hydrogen-bond donors (Lipinski definition) is 2. The predicted molar refractivity (Wildman–Crippen MR) is 115 cm³/mol. The van der Waals surface area contributed by atoms with Crippen LogP contribution in [-0.2, 0) is 16.9 Å². The van der Waals surface area contributed by atoms with E-state index in [1.54, 1.807) is 0 Å². The Morgan fingerprint density at radius 1 is 0.857 bits per heavy atom. The Morgan fingerprint density at radius 3 is 2.14 bits per heavy atom. The third-order valence-corrected chi connectivity index (χ3v) is 5.56. The molecule has 0 aliphatic heterocycles. The lowest BCUT2D eigenvalue weighted by Crippen LogP contribution is -2.41. The molecule has 0 unspecified atom stereocenters. The third kappa shape index (κ3) is 4.70. The van der Waals surface area contributed by atoms with Crippen molar-refractivity contribution in [3.63, 3.8) is 0 Å². The summed E-state index contributed by atoms with van der Waals surface area (Å²) in [5, 5.41) is 20.4. The third-order valence-electron chi connectivity index (χ3n) is 5.07. The van der Waals surface area contributed by atoms with Gasteiger partial charge in [0, 0.05) is 17.0 Å². The fourth-order valence-corrected chi connectivity index (χ4v) is 4.12. The molecule has 0 heterocycles. The molecular formula is C24H25BrO3. The summed E-state index contributed by atoms with van der Waals surface area (Å²) in [6.45, 7) is 0.169. The van der Waals surface area contributed by atoms with E-state index in [0.29, 0.717) is 13.0 Å². The quantitative estimate of drug-likeness (QED) is 0.490. The molecule has 0 fully saturated rings. The first-order valence-electron chi connectivity index (χ1n) is 9.40. The van der Waals surface area contributed by atoms with Gasteiger partial charge in [-0.3, -0.25) is 0 Å². The lowest BCUT2D eigenvalue weighted by Gasteiger charge is -2.40. The monoisotopic (exact) mass is 440 g/mol. The maximum Gasteiger partial charge on any atom is 0.123 e. The van der Waals surface area contributed by atoms with Gasteiger partial charge in [-0.05, 0) is 35.2 Å². The van der Waals surface area contributed by atoms with Gasteiger partial charge in [-0.1, -0.05) is 88.7 Å². The second kappa shape index (κ2) is 9.99. The number of hydrogen-bond acceptors (Lipinski definition) is 3. The molecule has 2 N–H and O–H groups in total. The van der Waals surface area contributed by atoms with Crippen LogP contribution in [0.2, 0.25) is 0 Å². The molecular weight excluding hydrogens is 416 g/mol. The molecule has 0 amide bonds. The van der Waals surface area contributed by atoms with Gasteiger partial charge in [0.2, 0.25) is 0 Å². The molecule has 0 aliphatic rings. The van der Waals surface area contributed by atoms with Crippen molar-refractivity contribution in [3.8, 4) is 0 Å². The molecule has 2 atom stereocenters. The average molecular weight is 441 g/mol. The van der Waals surface area contributed by atoms with E-state index in [4.69, 9.17) is 4.74 Å². The van der Waals surface area contributed by atoms with E-state index in [1.807, 2.05) is 84.9 Å². The Morgan fingerprint density at radius 2 is 1.54 bits per heavy atom. The molecule has 4 heteroatoms. The topological polar surface area (TPSA) is 49.7 Å². The molecule has 3 aromatic rings. The number of aliphatic hydroxyl groups excluding tert-OH is 2. The molecule has 3 nitrogen and oxygen atoms in total. The van der Waals surface area contributed by atoms with E-state index in [0.717, 1.165) is 21.2 Å². The molecule has 3 rings (SSSR count). The van der Waals surface area contributed by atoms with Crippen LogP contribution in [0.3, 0.4) is 0 Å². The SMILES string of the molecule is OCC[C@@H](c1ccccc1)[C@](CO)(OCc1cccc(Br)c1)c1ccccc1. The smallest absolute Gasteiger partial charge is 0.123 e. The van der Waals surface area contributed by atoms with Crippen LogP contribution >= 0.6 is 15.9 Å². The molecule has 0 saturated carbocycles. The molecule has 0 bridgehead atoms. The van der Waals surface area contributed by atoms with Crippen molar-refractivity contribution in [2.45, 2.75) is 24.5 Å².